The van der Waals surface area contributed by atoms with E-state index in [4.69, 9.17) is 5.73 Å². The molecule has 3 heterocycles. The largest absolute Gasteiger partial charge is 0.480 e. The third-order valence-electron chi connectivity index (χ3n) is 4.35. The van der Waals surface area contributed by atoms with Crippen molar-refractivity contribution in [3.05, 3.63) is 68.8 Å². The summed E-state index contributed by atoms with van der Waals surface area (Å²) in [6, 6.07) is 6.31. The number of allylic oxidation sites excluding steroid dienone is 1. The Balaban J connectivity index is 1.87. The van der Waals surface area contributed by atoms with Gasteiger partial charge < -0.3 is 15.8 Å². The Morgan fingerprint density at radius 2 is 2.11 bits per heavy atom. The van der Waals surface area contributed by atoms with Gasteiger partial charge in [-0.1, -0.05) is 18.2 Å². The second kappa shape index (κ2) is 6.54. The zero-order valence-corrected chi connectivity index (χ0v) is 14.1. The zero-order chi connectivity index (χ0) is 19.0. The second-order valence-electron chi connectivity index (χ2n) is 6.09. The summed E-state index contributed by atoms with van der Waals surface area (Å²) in [6.07, 6.45) is 4.95. The quantitative estimate of drug-likeness (QED) is 0.421. The van der Waals surface area contributed by atoms with E-state index in [2.05, 4.69) is 25.2 Å². The summed E-state index contributed by atoms with van der Waals surface area (Å²) >= 11 is 0. The fourth-order valence-electron chi connectivity index (χ4n) is 3.03. The minimum atomic E-state index is -1.10. The van der Waals surface area contributed by atoms with E-state index in [0.717, 1.165) is 5.22 Å². The van der Waals surface area contributed by atoms with Gasteiger partial charge in [-0.3, -0.25) is 19.8 Å². The molecule has 9 heteroatoms. The predicted octanol–water partition coefficient (Wildman–Crippen LogP) is -0.280. The molecule has 0 aliphatic carbocycles. The SMILES string of the molecule is NC(CC1=c2ccccc2=N/C1=C/c1c(-c2ncc[nH]2)[nH][nH]c1=O)C(=O)O. The third-order valence-corrected chi connectivity index (χ3v) is 4.35. The van der Waals surface area contributed by atoms with Gasteiger partial charge in [0, 0.05) is 24.0 Å². The zero-order valence-electron chi connectivity index (χ0n) is 14.1. The summed E-state index contributed by atoms with van der Waals surface area (Å²) in [5.74, 6) is -0.596. The summed E-state index contributed by atoms with van der Waals surface area (Å²) in [6.45, 7) is 0. The summed E-state index contributed by atoms with van der Waals surface area (Å²) < 4.78 is 0. The normalized spacial score (nSPS) is 15.6. The third kappa shape index (κ3) is 3.00. The van der Waals surface area contributed by atoms with Crippen LogP contribution in [0.3, 0.4) is 0 Å². The molecule has 0 radical (unpaired) electrons. The first-order valence-corrected chi connectivity index (χ1v) is 8.22. The summed E-state index contributed by atoms with van der Waals surface area (Å²) in [5, 5.41) is 16.0. The smallest absolute Gasteiger partial charge is 0.320 e. The maximum absolute atomic E-state index is 12.3. The van der Waals surface area contributed by atoms with Crippen LogP contribution in [0.4, 0.5) is 0 Å². The maximum Gasteiger partial charge on any atom is 0.320 e. The number of benzene rings is 1. The van der Waals surface area contributed by atoms with E-state index in [1.165, 1.54) is 0 Å². The molecule has 0 saturated carbocycles. The first-order chi connectivity index (χ1) is 13.0. The molecule has 4 rings (SSSR count). The second-order valence-corrected chi connectivity index (χ2v) is 6.09. The van der Waals surface area contributed by atoms with Crippen LogP contribution in [0, 0.1) is 0 Å². The lowest BCUT2D eigenvalue weighted by Gasteiger charge is -2.08. The Bertz CT molecular complexity index is 1220. The molecule has 1 aliphatic rings. The number of aromatic nitrogens is 4. The number of rotatable bonds is 5. The summed E-state index contributed by atoms with van der Waals surface area (Å²) in [7, 11) is 0. The molecule has 136 valence electrons. The highest BCUT2D eigenvalue weighted by molar-refractivity contribution is 5.82. The van der Waals surface area contributed by atoms with Gasteiger partial charge in [0.25, 0.3) is 5.56 Å². The first kappa shape index (κ1) is 16.7. The van der Waals surface area contributed by atoms with Crippen LogP contribution in [0.1, 0.15) is 12.0 Å². The Morgan fingerprint density at radius 1 is 1.30 bits per heavy atom. The van der Waals surface area contributed by atoms with E-state index < -0.39 is 12.0 Å². The summed E-state index contributed by atoms with van der Waals surface area (Å²) in [4.78, 5) is 35.2. The van der Waals surface area contributed by atoms with Gasteiger partial charge in [0.15, 0.2) is 5.82 Å². The predicted molar refractivity (Wildman–Crippen MR) is 97.8 cm³/mol. The fraction of sp³-hybridized carbons (Fsp3) is 0.111. The Hall–Kier alpha value is -3.72. The van der Waals surface area contributed by atoms with Crippen LogP contribution in [0.15, 0.2) is 52.1 Å². The molecule has 3 aromatic rings. The number of nitrogens with one attached hydrogen (secondary N) is 3. The van der Waals surface area contributed by atoms with E-state index in [0.29, 0.717) is 33.7 Å². The van der Waals surface area contributed by atoms with Gasteiger partial charge in [-0.15, -0.1) is 0 Å². The highest BCUT2D eigenvalue weighted by Crippen LogP contribution is 2.24. The minimum absolute atomic E-state index is 0.0973. The van der Waals surface area contributed by atoms with Crippen molar-refractivity contribution in [2.24, 2.45) is 10.7 Å². The number of H-pyrrole nitrogens is 3. The van der Waals surface area contributed by atoms with Crippen LogP contribution in [0.25, 0.3) is 23.2 Å². The molecular weight excluding hydrogens is 348 g/mol. The molecule has 0 spiro atoms. The summed E-state index contributed by atoms with van der Waals surface area (Å²) in [5.41, 5.74) is 7.44. The van der Waals surface area contributed by atoms with Crippen LogP contribution in [0.2, 0.25) is 0 Å². The van der Waals surface area contributed by atoms with Crippen molar-refractivity contribution in [3.63, 3.8) is 0 Å². The van der Waals surface area contributed by atoms with Crippen LogP contribution < -0.4 is 21.9 Å². The number of nitrogens with zero attached hydrogens (tertiary/aromatic N) is 2. The van der Waals surface area contributed by atoms with E-state index >= 15 is 0 Å². The molecule has 0 bridgehead atoms. The monoisotopic (exact) mass is 364 g/mol. The van der Waals surface area contributed by atoms with Crippen molar-refractivity contribution in [1.29, 1.82) is 0 Å². The number of nitrogens with two attached hydrogens (primary N) is 1. The molecule has 2 aromatic heterocycles. The average molecular weight is 364 g/mol. The lowest BCUT2D eigenvalue weighted by atomic mass is 10.0. The molecule has 9 nitrogen and oxygen atoms in total. The van der Waals surface area contributed by atoms with Crippen LogP contribution in [-0.2, 0) is 4.79 Å². The molecule has 1 atom stereocenters. The number of carboxylic acids is 1. The van der Waals surface area contributed by atoms with Crippen molar-refractivity contribution < 1.29 is 9.90 Å². The lowest BCUT2D eigenvalue weighted by molar-refractivity contribution is -0.138. The first-order valence-electron chi connectivity index (χ1n) is 8.22. The molecular formula is C18H16N6O3. The molecule has 0 amide bonds. The van der Waals surface area contributed by atoms with Gasteiger partial charge in [0.2, 0.25) is 0 Å². The standard InChI is InChI=1S/C18H16N6O3/c19-12(18(26)27)7-10-9-3-1-2-4-13(9)22-14(10)8-11-15(23-24-17(11)25)16-20-5-6-21-16/h1-6,8,12H,7,19H2,(H,20,21)(H,26,27)(H2,23,24,25)/b14-8+. The minimum Gasteiger partial charge on any atom is -0.480 e. The van der Waals surface area contributed by atoms with Gasteiger partial charge >= 0.3 is 5.97 Å². The number of hydrogen-bond donors (Lipinski definition) is 5. The van der Waals surface area contributed by atoms with E-state index in [1.807, 2.05) is 24.3 Å². The van der Waals surface area contributed by atoms with Crippen molar-refractivity contribution in [3.8, 4) is 11.5 Å². The average Bonchev–Trinajstić information content (AvgIpc) is 3.36. The van der Waals surface area contributed by atoms with Crippen molar-refractivity contribution in [2.75, 3.05) is 0 Å². The molecule has 27 heavy (non-hydrogen) atoms. The van der Waals surface area contributed by atoms with Crippen LogP contribution in [0.5, 0.6) is 0 Å². The molecule has 0 saturated heterocycles. The molecule has 1 aromatic carbocycles. The van der Waals surface area contributed by atoms with E-state index in [1.54, 1.807) is 18.5 Å². The topological polar surface area (TPSA) is 153 Å². The number of imidazole rings is 1. The number of aromatic amines is 3. The van der Waals surface area contributed by atoms with Crippen LogP contribution in [-0.4, -0.2) is 37.3 Å². The van der Waals surface area contributed by atoms with Crippen molar-refractivity contribution in [1.82, 2.24) is 20.2 Å². The highest BCUT2D eigenvalue weighted by Gasteiger charge is 2.21. The fourth-order valence-corrected chi connectivity index (χ4v) is 3.03. The van der Waals surface area contributed by atoms with Gasteiger partial charge in [0.1, 0.15) is 11.7 Å². The molecule has 1 unspecified atom stereocenters. The Kier molecular flexibility index (Phi) is 4.05. The maximum atomic E-state index is 12.3. The highest BCUT2D eigenvalue weighted by atomic mass is 16.4. The number of fused-ring (bicyclic) bond motifs is 1. The number of para-hydroxylation sites is 1. The Labute approximate surface area is 152 Å². The van der Waals surface area contributed by atoms with Gasteiger partial charge in [-0.2, -0.15) is 0 Å². The van der Waals surface area contributed by atoms with E-state index in [-0.39, 0.29) is 12.0 Å². The molecule has 1 aliphatic heterocycles. The number of carbonyl (C=O) groups is 1. The van der Waals surface area contributed by atoms with Gasteiger partial charge in [-0.25, -0.2) is 9.98 Å². The Morgan fingerprint density at radius 3 is 2.85 bits per heavy atom. The molecule has 6 N–H and O–H groups in total. The van der Waals surface area contributed by atoms with Gasteiger partial charge in [0.05, 0.1) is 16.6 Å². The van der Waals surface area contributed by atoms with Crippen molar-refractivity contribution >= 4 is 17.6 Å². The lowest BCUT2D eigenvalue weighted by Crippen LogP contribution is -2.32. The van der Waals surface area contributed by atoms with Gasteiger partial charge in [-0.05, 0) is 17.7 Å². The number of hydrogen-bond acceptors (Lipinski definition) is 5. The molecule has 0 fully saturated rings. The number of carboxylic acid groups (broad SMARTS) is 1. The van der Waals surface area contributed by atoms with E-state index in [9.17, 15) is 14.7 Å². The van der Waals surface area contributed by atoms with Crippen LogP contribution >= 0.6 is 0 Å². The van der Waals surface area contributed by atoms with Crippen molar-refractivity contribution in [2.45, 2.75) is 12.5 Å². The number of aliphatic carboxylic acids is 1.